The second kappa shape index (κ2) is 7.25. The van der Waals surface area contributed by atoms with Crippen LogP contribution in [-0.2, 0) is 18.5 Å². The topological polar surface area (TPSA) is 50.6 Å². The van der Waals surface area contributed by atoms with E-state index in [1.807, 2.05) is 71.1 Å². The maximum absolute atomic E-state index is 8.61. The molecular weight excluding hydrogens is 254 g/mol. The molecule has 0 saturated heterocycles. The van der Waals surface area contributed by atoms with Crippen LogP contribution < -0.4 is 4.57 Å². The van der Waals surface area contributed by atoms with E-state index in [1.54, 1.807) is 0 Å². The third-order valence-corrected chi connectivity index (χ3v) is 2.85. The summed E-state index contributed by atoms with van der Waals surface area (Å²) in [6.07, 6.45) is 9.12. The normalized spacial score (nSPS) is 11.7. The smallest absolute Gasteiger partial charge is 0.305 e. The molecule has 0 radical (unpaired) electrons. The average molecular weight is 272 g/mol. The Bertz CT molecular complexity index is 588. The first kappa shape index (κ1) is 14.0. The van der Waals surface area contributed by atoms with Gasteiger partial charge in [0.05, 0.1) is 13.7 Å². The Morgan fingerprint density at radius 1 is 1.35 bits per heavy atom. The van der Waals surface area contributed by atoms with Crippen LogP contribution in [0.2, 0.25) is 0 Å². The Labute approximate surface area is 118 Å². The number of ether oxygens (including phenoxy) is 1. The highest BCUT2D eigenvalue weighted by molar-refractivity contribution is 5.72. The fourth-order valence-corrected chi connectivity index (χ4v) is 1.83. The molecule has 1 N–H and O–H groups in total. The molecule has 0 amide bonds. The van der Waals surface area contributed by atoms with E-state index in [4.69, 9.17) is 9.94 Å². The predicted molar refractivity (Wildman–Crippen MR) is 76.4 cm³/mol. The van der Waals surface area contributed by atoms with Gasteiger partial charge in [-0.15, -0.1) is 0 Å². The number of imidazole rings is 1. The largest absolute Gasteiger partial charge is 0.411 e. The lowest BCUT2D eigenvalue weighted by Crippen LogP contribution is -2.32. The molecule has 0 aliphatic carbocycles. The Kier molecular flexibility index (Phi) is 5.08. The number of benzene rings is 1. The van der Waals surface area contributed by atoms with Gasteiger partial charge in [-0.1, -0.05) is 47.6 Å². The minimum absolute atomic E-state index is 0.404. The van der Waals surface area contributed by atoms with E-state index in [-0.39, 0.29) is 0 Å². The van der Waals surface area contributed by atoms with Gasteiger partial charge in [-0.2, -0.15) is 0 Å². The minimum atomic E-state index is 0.404. The van der Waals surface area contributed by atoms with Crippen molar-refractivity contribution in [3.05, 3.63) is 60.2 Å². The monoisotopic (exact) mass is 272 g/mol. The van der Waals surface area contributed by atoms with E-state index < -0.39 is 0 Å². The van der Waals surface area contributed by atoms with E-state index >= 15 is 0 Å². The van der Waals surface area contributed by atoms with E-state index in [0.717, 1.165) is 11.4 Å². The van der Waals surface area contributed by atoms with Gasteiger partial charge in [-0.3, -0.25) is 0 Å². The van der Waals surface area contributed by atoms with Crippen molar-refractivity contribution in [2.75, 3.05) is 6.61 Å². The lowest BCUT2D eigenvalue weighted by Gasteiger charge is -1.99. The highest BCUT2D eigenvalue weighted by Crippen LogP contribution is 2.01. The number of hydrogen-bond donors (Lipinski definition) is 1. The first-order valence-electron chi connectivity index (χ1n) is 6.33. The third-order valence-electron chi connectivity index (χ3n) is 2.85. The predicted octanol–water partition coefficient (Wildman–Crippen LogP) is 1.81. The van der Waals surface area contributed by atoms with Gasteiger partial charge in [-0.05, 0) is 5.56 Å². The zero-order chi connectivity index (χ0) is 14.2. The number of hydrogen-bond acceptors (Lipinski definition) is 3. The van der Waals surface area contributed by atoms with Gasteiger partial charge >= 0.3 is 5.82 Å². The molecule has 0 spiro atoms. The molecular formula is C15H18N3O2+. The molecule has 5 heteroatoms. The van der Waals surface area contributed by atoms with Crippen LogP contribution in [0.25, 0.3) is 6.08 Å². The maximum Gasteiger partial charge on any atom is 0.305 e. The molecule has 1 aromatic heterocycles. The zero-order valence-electron chi connectivity index (χ0n) is 11.4. The number of aryl methyl sites for hydroxylation is 1. The standard InChI is InChI=1S/C15H17N3O2/c1-17-9-10-18(15(17)12-16-19)13-20-11-5-8-14-6-3-2-4-7-14/h2-10,12H,11,13H2,1H3/p+1/b8-5-. The molecule has 0 saturated carbocycles. The molecule has 5 nitrogen and oxygen atoms in total. The van der Waals surface area contributed by atoms with Gasteiger partial charge < -0.3 is 9.94 Å². The SMILES string of the molecule is C[n+]1ccn(COC/C=C\c2ccccc2)c1/C=N/O. The summed E-state index contributed by atoms with van der Waals surface area (Å²) in [7, 11) is 1.88. The van der Waals surface area contributed by atoms with Crippen molar-refractivity contribution in [2.45, 2.75) is 6.73 Å². The summed E-state index contributed by atoms with van der Waals surface area (Å²) in [4.78, 5) is 0. The second-order valence-electron chi connectivity index (χ2n) is 4.29. The molecule has 1 heterocycles. The molecule has 0 aliphatic rings. The van der Waals surface area contributed by atoms with Gasteiger partial charge in [-0.25, -0.2) is 9.13 Å². The van der Waals surface area contributed by atoms with Crippen LogP contribution in [0.4, 0.5) is 0 Å². The number of rotatable bonds is 6. The first-order valence-corrected chi connectivity index (χ1v) is 6.33. The zero-order valence-corrected chi connectivity index (χ0v) is 11.4. The van der Waals surface area contributed by atoms with Gasteiger partial charge in [0.1, 0.15) is 12.4 Å². The molecule has 2 aromatic rings. The van der Waals surface area contributed by atoms with E-state index in [9.17, 15) is 0 Å². The van der Waals surface area contributed by atoms with Gasteiger partial charge in [0, 0.05) is 0 Å². The number of nitrogens with zero attached hydrogens (tertiary/aromatic N) is 3. The highest BCUT2D eigenvalue weighted by atomic mass is 16.5. The van der Waals surface area contributed by atoms with Gasteiger partial charge in [0.2, 0.25) is 0 Å². The van der Waals surface area contributed by atoms with Crippen LogP contribution in [0.3, 0.4) is 0 Å². The van der Waals surface area contributed by atoms with E-state index in [0.29, 0.717) is 13.3 Å². The minimum Gasteiger partial charge on any atom is -0.411 e. The fourth-order valence-electron chi connectivity index (χ4n) is 1.83. The van der Waals surface area contributed by atoms with Crippen molar-refractivity contribution in [1.82, 2.24) is 4.57 Å². The Hall–Kier alpha value is -2.40. The highest BCUT2D eigenvalue weighted by Gasteiger charge is 2.11. The Morgan fingerprint density at radius 3 is 2.90 bits per heavy atom. The summed E-state index contributed by atoms with van der Waals surface area (Å²) in [6, 6.07) is 10.1. The molecule has 104 valence electrons. The first-order chi connectivity index (χ1) is 9.81. The van der Waals surface area contributed by atoms with Crippen LogP contribution in [-0.4, -0.2) is 22.6 Å². The fraction of sp³-hybridized carbons (Fsp3) is 0.200. The average Bonchev–Trinajstić information content (AvgIpc) is 2.81. The molecule has 0 unspecified atom stereocenters. The molecule has 0 bridgehead atoms. The van der Waals surface area contributed by atoms with Crippen molar-refractivity contribution in [3.63, 3.8) is 0 Å². The van der Waals surface area contributed by atoms with Crippen molar-refractivity contribution in [2.24, 2.45) is 12.2 Å². The van der Waals surface area contributed by atoms with E-state index in [2.05, 4.69) is 5.16 Å². The number of oxime groups is 1. The van der Waals surface area contributed by atoms with Crippen LogP contribution >= 0.6 is 0 Å². The van der Waals surface area contributed by atoms with Crippen molar-refractivity contribution < 1.29 is 14.5 Å². The summed E-state index contributed by atoms with van der Waals surface area (Å²) in [5, 5.41) is 11.7. The number of aromatic nitrogens is 2. The summed E-state index contributed by atoms with van der Waals surface area (Å²) < 4.78 is 9.27. The summed E-state index contributed by atoms with van der Waals surface area (Å²) in [5.41, 5.74) is 1.15. The Balaban J connectivity index is 1.83. The van der Waals surface area contributed by atoms with Gasteiger partial charge in [0.15, 0.2) is 12.9 Å². The van der Waals surface area contributed by atoms with Crippen LogP contribution in [0.1, 0.15) is 11.4 Å². The molecule has 0 fully saturated rings. The second-order valence-corrected chi connectivity index (χ2v) is 4.29. The van der Waals surface area contributed by atoms with E-state index in [1.165, 1.54) is 6.21 Å². The van der Waals surface area contributed by atoms with Crippen LogP contribution in [0, 0.1) is 0 Å². The maximum atomic E-state index is 8.61. The third kappa shape index (κ3) is 3.80. The Morgan fingerprint density at radius 2 is 2.15 bits per heavy atom. The molecule has 20 heavy (non-hydrogen) atoms. The summed E-state index contributed by atoms with van der Waals surface area (Å²) in [6.45, 7) is 0.924. The van der Waals surface area contributed by atoms with Crippen molar-refractivity contribution in [3.8, 4) is 0 Å². The van der Waals surface area contributed by atoms with Gasteiger partial charge in [0.25, 0.3) is 0 Å². The van der Waals surface area contributed by atoms with Crippen LogP contribution in [0.5, 0.6) is 0 Å². The molecule has 2 rings (SSSR count). The summed E-state index contributed by atoms with van der Waals surface area (Å²) >= 11 is 0. The lowest BCUT2D eigenvalue weighted by atomic mass is 10.2. The van der Waals surface area contributed by atoms with Crippen molar-refractivity contribution >= 4 is 12.3 Å². The van der Waals surface area contributed by atoms with Crippen molar-refractivity contribution in [1.29, 1.82) is 0 Å². The molecule has 0 aliphatic heterocycles. The molecule has 1 aromatic carbocycles. The molecule has 0 atom stereocenters. The lowest BCUT2D eigenvalue weighted by molar-refractivity contribution is -0.672. The van der Waals surface area contributed by atoms with Crippen LogP contribution in [0.15, 0.2) is 54.0 Å². The summed E-state index contributed by atoms with van der Waals surface area (Å²) in [5.74, 6) is 0.763. The quantitative estimate of drug-likeness (QED) is 0.287.